The third-order valence-corrected chi connectivity index (χ3v) is 4.72. The van der Waals surface area contributed by atoms with E-state index in [2.05, 4.69) is 6.07 Å². The molecule has 0 N–H and O–H groups in total. The van der Waals surface area contributed by atoms with Crippen LogP contribution < -0.4 is 18.9 Å². The Bertz CT molecular complexity index is 935. The van der Waals surface area contributed by atoms with Crippen LogP contribution in [0.15, 0.2) is 60.7 Å². The second kappa shape index (κ2) is 10.2. The van der Waals surface area contributed by atoms with Crippen molar-refractivity contribution in [2.45, 2.75) is 0 Å². The molecule has 0 spiro atoms. The summed E-state index contributed by atoms with van der Waals surface area (Å²) in [7, 11) is 6.64. The Hall–Kier alpha value is -3.66. The summed E-state index contributed by atoms with van der Waals surface area (Å²) in [5, 5.41) is 0. The van der Waals surface area contributed by atoms with Gasteiger partial charge in [0.25, 0.3) is 0 Å². The molecule has 154 valence electrons. The molecule has 3 aromatic carbocycles. The Morgan fingerprint density at radius 3 is 1.20 bits per heavy atom. The molecule has 3 rings (SSSR count). The van der Waals surface area contributed by atoms with Crippen LogP contribution in [-0.4, -0.2) is 28.4 Å². The highest BCUT2D eigenvalue weighted by atomic mass is 16.5. The summed E-state index contributed by atoms with van der Waals surface area (Å²) in [4.78, 5) is 0. The molecule has 30 heavy (non-hydrogen) atoms. The van der Waals surface area contributed by atoms with Crippen LogP contribution in [0.4, 0.5) is 0 Å². The number of methoxy groups -OCH3 is 4. The largest absolute Gasteiger partial charge is 0.497 e. The van der Waals surface area contributed by atoms with Gasteiger partial charge in [-0.25, -0.2) is 0 Å². The zero-order valence-electron chi connectivity index (χ0n) is 17.7. The molecule has 0 aliphatic carbocycles. The average Bonchev–Trinajstić information content (AvgIpc) is 2.81. The first-order chi connectivity index (χ1) is 14.7. The monoisotopic (exact) mass is 402 g/mol. The van der Waals surface area contributed by atoms with E-state index in [4.69, 9.17) is 18.9 Å². The summed E-state index contributed by atoms with van der Waals surface area (Å²) >= 11 is 0. The van der Waals surface area contributed by atoms with E-state index in [0.29, 0.717) is 0 Å². The minimum absolute atomic E-state index is 0.748. The minimum Gasteiger partial charge on any atom is -0.497 e. The summed E-state index contributed by atoms with van der Waals surface area (Å²) in [6.07, 6.45) is 8.15. The lowest BCUT2D eigenvalue weighted by Gasteiger charge is -2.11. The summed E-state index contributed by atoms with van der Waals surface area (Å²) < 4.78 is 21.6. The highest BCUT2D eigenvalue weighted by molar-refractivity contribution is 5.79. The molecule has 0 fully saturated rings. The minimum atomic E-state index is 0.748. The second-order valence-electron chi connectivity index (χ2n) is 6.55. The molecule has 0 atom stereocenters. The van der Waals surface area contributed by atoms with Gasteiger partial charge in [-0.1, -0.05) is 48.6 Å². The maximum Gasteiger partial charge on any atom is 0.129 e. The molecule has 0 aliphatic rings. The van der Waals surface area contributed by atoms with Gasteiger partial charge < -0.3 is 18.9 Å². The fourth-order valence-electron chi connectivity index (χ4n) is 3.01. The van der Waals surface area contributed by atoms with Gasteiger partial charge in [0.1, 0.15) is 23.0 Å². The second-order valence-corrected chi connectivity index (χ2v) is 6.55. The van der Waals surface area contributed by atoms with Crippen molar-refractivity contribution < 1.29 is 18.9 Å². The molecule has 3 aromatic rings. The van der Waals surface area contributed by atoms with Crippen LogP contribution in [0.3, 0.4) is 0 Å². The van der Waals surface area contributed by atoms with Gasteiger partial charge in [-0.15, -0.1) is 0 Å². The molecule has 0 saturated heterocycles. The number of hydrogen-bond acceptors (Lipinski definition) is 4. The normalized spacial score (nSPS) is 11.1. The van der Waals surface area contributed by atoms with Crippen LogP contribution in [0, 0.1) is 0 Å². The Labute approximate surface area is 178 Å². The van der Waals surface area contributed by atoms with E-state index < -0.39 is 0 Å². The summed E-state index contributed by atoms with van der Waals surface area (Å²) in [5.74, 6) is 3.16. The molecule has 0 amide bonds. The molecule has 0 unspecified atom stereocenters. The molecule has 0 aliphatic heterocycles. The van der Waals surface area contributed by atoms with Gasteiger partial charge in [0.2, 0.25) is 0 Å². The smallest absolute Gasteiger partial charge is 0.129 e. The number of rotatable bonds is 8. The Morgan fingerprint density at radius 1 is 0.467 bits per heavy atom. The molecule has 0 radical (unpaired) electrons. The lowest BCUT2D eigenvalue weighted by molar-refractivity contribution is 0.393. The van der Waals surface area contributed by atoms with Gasteiger partial charge in [-0.05, 0) is 41.5 Å². The Kier molecular flexibility index (Phi) is 7.17. The zero-order valence-corrected chi connectivity index (χ0v) is 17.7. The first-order valence-corrected chi connectivity index (χ1v) is 9.57. The van der Waals surface area contributed by atoms with Crippen molar-refractivity contribution in [1.82, 2.24) is 0 Å². The van der Waals surface area contributed by atoms with Crippen LogP contribution in [0.2, 0.25) is 0 Å². The molecular formula is C26H26O4. The molecule has 0 saturated carbocycles. The van der Waals surface area contributed by atoms with Crippen molar-refractivity contribution in [3.05, 3.63) is 82.9 Å². The third-order valence-electron chi connectivity index (χ3n) is 4.72. The van der Waals surface area contributed by atoms with Crippen LogP contribution in [0.1, 0.15) is 22.3 Å². The van der Waals surface area contributed by atoms with Gasteiger partial charge in [-0.2, -0.15) is 0 Å². The van der Waals surface area contributed by atoms with E-state index in [0.717, 1.165) is 45.3 Å². The molecule has 0 heterocycles. The lowest BCUT2D eigenvalue weighted by Crippen LogP contribution is -1.93. The van der Waals surface area contributed by atoms with Gasteiger partial charge in [0, 0.05) is 17.2 Å². The van der Waals surface area contributed by atoms with E-state index in [1.54, 1.807) is 28.4 Å². The van der Waals surface area contributed by atoms with Crippen molar-refractivity contribution in [3.8, 4) is 23.0 Å². The standard InChI is InChI=1S/C26H26O4/c1-27-23-13-7-19(8-14-23)5-11-21-17-22(26(30-4)18-25(21)29-3)12-6-20-9-15-24(28-2)16-10-20/h5-18H,1-4H3. The maximum absolute atomic E-state index is 5.57. The quantitative estimate of drug-likeness (QED) is 0.429. The molecule has 4 heteroatoms. The SMILES string of the molecule is COc1ccc(C=Cc2cc(C=Cc3ccc(OC)cc3)c(OC)cc2OC)cc1. The number of hydrogen-bond donors (Lipinski definition) is 0. The third kappa shape index (κ3) is 5.23. The van der Waals surface area contributed by atoms with Gasteiger partial charge in [0.15, 0.2) is 0 Å². The van der Waals surface area contributed by atoms with E-state index in [1.165, 1.54) is 0 Å². The van der Waals surface area contributed by atoms with Crippen molar-refractivity contribution in [2.24, 2.45) is 0 Å². The topological polar surface area (TPSA) is 36.9 Å². The molecule has 0 aromatic heterocycles. The predicted molar refractivity (Wildman–Crippen MR) is 123 cm³/mol. The Balaban J connectivity index is 1.90. The molecular weight excluding hydrogens is 376 g/mol. The van der Waals surface area contributed by atoms with Gasteiger partial charge in [-0.3, -0.25) is 0 Å². The maximum atomic E-state index is 5.57. The summed E-state index contributed by atoms with van der Waals surface area (Å²) in [6.45, 7) is 0. The van der Waals surface area contributed by atoms with Crippen LogP contribution in [0.5, 0.6) is 23.0 Å². The fraction of sp³-hybridized carbons (Fsp3) is 0.154. The first kappa shape index (κ1) is 21.1. The zero-order chi connectivity index (χ0) is 21.3. The van der Waals surface area contributed by atoms with Gasteiger partial charge in [0.05, 0.1) is 28.4 Å². The van der Waals surface area contributed by atoms with Crippen molar-refractivity contribution in [1.29, 1.82) is 0 Å². The van der Waals surface area contributed by atoms with E-state index in [1.807, 2.05) is 78.9 Å². The van der Waals surface area contributed by atoms with Crippen LogP contribution in [0.25, 0.3) is 24.3 Å². The van der Waals surface area contributed by atoms with E-state index >= 15 is 0 Å². The average molecular weight is 402 g/mol. The fourth-order valence-corrected chi connectivity index (χ4v) is 3.01. The van der Waals surface area contributed by atoms with Crippen molar-refractivity contribution in [3.63, 3.8) is 0 Å². The van der Waals surface area contributed by atoms with Gasteiger partial charge >= 0.3 is 0 Å². The summed E-state index contributed by atoms with van der Waals surface area (Å²) in [5.41, 5.74) is 4.07. The Morgan fingerprint density at radius 2 is 0.867 bits per heavy atom. The van der Waals surface area contributed by atoms with Crippen molar-refractivity contribution >= 4 is 24.3 Å². The van der Waals surface area contributed by atoms with Crippen LogP contribution >= 0.6 is 0 Å². The number of benzene rings is 3. The molecule has 4 nitrogen and oxygen atoms in total. The highest BCUT2D eigenvalue weighted by Crippen LogP contribution is 2.32. The predicted octanol–water partition coefficient (Wildman–Crippen LogP) is 6.06. The lowest BCUT2D eigenvalue weighted by atomic mass is 10.0. The van der Waals surface area contributed by atoms with E-state index in [9.17, 15) is 0 Å². The van der Waals surface area contributed by atoms with E-state index in [-0.39, 0.29) is 0 Å². The molecule has 0 bridgehead atoms. The van der Waals surface area contributed by atoms with Crippen molar-refractivity contribution in [2.75, 3.05) is 28.4 Å². The number of ether oxygens (including phenoxy) is 4. The highest BCUT2D eigenvalue weighted by Gasteiger charge is 2.08. The first-order valence-electron chi connectivity index (χ1n) is 9.57. The van der Waals surface area contributed by atoms with Crippen LogP contribution in [-0.2, 0) is 0 Å². The summed E-state index contributed by atoms with van der Waals surface area (Å²) in [6, 6.07) is 19.8.